The van der Waals surface area contributed by atoms with Crippen molar-refractivity contribution in [2.45, 2.75) is 31.7 Å². The summed E-state index contributed by atoms with van der Waals surface area (Å²) in [5.41, 5.74) is 0.761. The lowest BCUT2D eigenvalue weighted by Gasteiger charge is -2.39. The molecule has 2 fully saturated rings. The predicted octanol–water partition coefficient (Wildman–Crippen LogP) is 3.82. The molecule has 144 valence electrons. The van der Waals surface area contributed by atoms with Gasteiger partial charge in [-0.3, -0.25) is 4.90 Å². The van der Waals surface area contributed by atoms with Crippen molar-refractivity contribution in [1.29, 1.82) is 0 Å². The number of hydrogen-bond donors (Lipinski definition) is 1. The van der Waals surface area contributed by atoms with Crippen molar-refractivity contribution in [2.24, 2.45) is 5.92 Å². The lowest BCUT2D eigenvalue weighted by atomic mass is 9.89. The minimum absolute atomic E-state index is 0. The molecule has 1 aromatic rings. The molecule has 1 aromatic carbocycles. The van der Waals surface area contributed by atoms with Crippen LogP contribution in [-0.4, -0.2) is 45.3 Å². The first-order valence-electron chi connectivity index (χ1n) is 8.60. The molecule has 3 rings (SSSR count). The number of piperazine rings is 1. The highest BCUT2D eigenvalue weighted by Crippen LogP contribution is 2.43. The van der Waals surface area contributed by atoms with Crippen LogP contribution in [0.25, 0.3) is 0 Å². The Balaban J connectivity index is 0.00000156. The maximum Gasteiger partial charge on any atom is 0.163 e. The molecule has 0 unspecified atom stereocenters. The Bertz CT molecular complexity index is 536. The van der Waals surface area contributed by atoms with Crippen LogP contribution in [0.4, 0.5) is 4.39 Å². The van der Waals surface area contributed by atoms with Gasteiger partial charge in [0.2, 0.25) is 0 Å². The first-order valence-corrected chi connectivity index (χ1v) is 8.60. The summed E-state index contributed by atoms with van der Waals surface area (Å²) >= 11 is 0. The number of benzene rings is 1. The SMILES string of the molecule is COc1cc(F)c([C@H](C2CCCC2)N2CCNCC2)cc1OC.Cl.Cl. The third-order valence-corrected chi connectivity index (χ3v) is 5.21. The molecule has 7 heteroatoms. The monoisotopic (exact) mass is 394 g/mol. The van der Waals surface area contributed by atoms with E-state index >= 15 is 0 Å². The molecule has 0 radical (unpaired) electrons. The van der Waals surface area contributed by atoms with Crippen LogP contribution < -0.4 is 14.8 Å². The van der Waals surface area contributed by atoms with Gasteiger partial charge in [0.25, 0.3) is 0 Å². The van der Waals surface area contributed by atoms with Crippen molar-refractivity contribution in [2.75, 3.05) is 40.4 Å². The standard InChI is InChI=1S/C18H27FN2O2.2ClH/c1-22-16-11-14(15(19)12-17(16)23-2)18(13-5-3-4-6-13)21-9-7-20-8-10-21;;/h11-13,18,20H,3-10H2,1-2H3;2*1H/t18-;;/m0../s1. The first-order chi connectivity index (χ1) is 11.2. The molecule has 1 saturated carbocycles. The Morgan fingerprint density at radius 2 is 1.60 bits per heavy atom. The van der Waals surface area contributed by atoms with Crippen molar-refractivity contribution < 1.29 is 13.9 Å². The van der Waals surface area contributed by atoms with E-state index in [1.807, 2.05) is 6.07 Å². The largest absolute Gasteiger partial charge is 0.493 e. The molecular weight excluding hydrogens is 366 g/mol. The minimum Gasteiger partial charge on any atom is -0.493 e. The Morgan fingerprint density at radius 3 is 2.16 bits per heavy atom. The molecule has 1 atom stereocenters. The van der Waals surface area contributed by atoms with Gasteiger partial charge in [0, 0.05) is 43.9 Å². The number of methoxy groups -OCH3 is 2. The molecule has 4 nitrogen and oxygen atoms in total. The smallest absolute Gasteiger partial charge is 0.163 e. The van der Waals surface area contributed by atoms with Crippen LogP contribution >= 0.6 is 24.8 Å². The van der Waals surface area contributed by atoms with Crippen LogP contribution in [0.2, 0.25) is 0 Å². The number of ether oxygens (including phenoxy) is 2. The Labute approximate surface area is 162 Å². The Morgan fingerprint density at radius 1 is 1.04 bits per heavy atom. The fourth-order valence-electron chi connectivity index (χ4n) is 4.08. The van der Waals surface area contributed by atoms with E-state index in [1.165, 1.54) is 31.7 Å². The molecule has 1 saturated heterocycles. The summed E-state index contributed by atoms with van der Waals surface area (Å²) in [6.07, 6.45) is 4.87. The molecule has 0 amide bonds. The maximum atomic E-state index is 14.8. The number of rotatable bonds is 5. The van der Waals surface area contributed by atoms with E-state index in [0.717, 1.165) is 31.7 Å². The number of hydrogen-bond acceptors (Lipinski definition) is 4. The zero-order valence-electron chi connectivity index (χ0n) is 14.9. The van der Waals surface area contributed by atoms with Crippen LogP contribution in [-0.2, 0) is 0 Å². The van der Waals surface area contributed by atoms with Crippen molar-refractivity contribution >= 4 is 24.8 Å². The van der Waals surface area contributed by atoms with Gasteiger partial charge >= 0.3 is 0 Å². The maximum absolute atomic E-state index is 14.8. The van der Waals surface area contributed by atoms with Crippen LogP contribution in [0, 0.1) is 11.7 Å². The summed E-state index contributed by atoms with van der Waals surface area (Å²) in [6, 6.07) is 3.46. The first kappa shape index (κ1) is 22.3. The van der Waals surface area contributed by atoms with Gasteiger partial charge in [0.15, 0.2) is 11.5 Å². The van der Waals surface area contributed by atoms with Gasteiger partial charge in [-0.15, -0.1) is 24.8 Å². The van der Waals surface area contributed by atoms with E-state index in [1.54, 1.807) is 14.2 Å². The third kappa shape index (κ3) is 4.91. The molecule has 2 aliphatic rings. The molecule has 1 aliphatic heterocycles. The van der Waals surface area contributed by atoms with Crippen molar-refractivity contribution in [1.82, 2.24) is 10.2 Å². The van der Waals surface area contributed by atoms with E-state index < -0.39 is 0 Å². The molecule has 1 N–H and O–H groups in total. The second-order valence-electron chi connectivity index (χ2n) is 6.50. The van der Waals surface area contributed by atoms with Crippen molar-refractivity contribution in [3.05, 3.63) is 23.5 Å². The van der Waals surface area contributed by atoms with Crippen LogP contribution in [0.5, 0.6) is 11.5 Å². The highest BCUT2D eigenvalue weighted by molar-refractivity contribution is 5.85. The van der Waals surface area contributed by atoms with Gasteiger partial charge in [0.05, 0.1) is 14.2 Å². The van der Waals surface area contributed by atoms with Crippen molar-refractivity contribution in [3.8, 4) is 11.5 Å². The quantitative estimate of drug-likeness (QED) is 0.822. The number of nitrogens with one attached hydrogen (secondary N) is 1. The van der Waals surface area contributed by atoms with Crippen LogP contribution in [0.15, 0.2) is 12.1 Å². The van der Waals surface area contributed by atoms with Crippen LogP contribution in [0.3, 0.4) is 0 Å². The van der Waals surface area contributed by atoms with Gasteiger partial charge in [0.1, 0.15) is 5.82 Å². The summed E-state index contributed by atoms with van der Waals surface area (Å²) in [5.74, 6) is 1.42. The van der Waals surface area contributed by atoms with Gasteiger partial charge in [-0.25, -0.2) is 4.39 Å². The molecule has 0 spiro atoms. The average Bonchev–Trinajstić information content (AvgIpc) is 3.11. The zero-order valence-corrected chi connectivity index (χ0v) is 16.6. The normalized spacial score (nSPS) is 19.6. The molecule has 0 aromatic heterocycles. The fraction of sp³-hybridized carbons (Fsp3) is 0.667. The van der Waals surface area contributed by atoms with Gasteiger partial charge in [-0.1, -0.05) is 12.8 Å². The molecule has 0 bridgehead atoms. The van der Waals surface area contributed by atoms with E-state index in [-0.39, 0.29) is 36.7 Å². The van der Waals surface area contributed by atoms with Gasteiger partial charge in [-0.05, 0) is 24.8 Å². The number of nitrogens with zero attached hydrogens (tertiary/aromatic N) is 1. The van der Waals surface area contributed by atoms with Crippen molar-refractivity contribution in [3.63, 3.8) is 0 Å². The second kappa shape index (κ2) is 10.4. The molecular formula is C18H29Cl2FN2O2. The molecule has 25 heavy (non-hydrogen) atoms. The minimum atomic E-state index is -0.182. The lowest BCUT2D eigenvalue weighted by molar-refractivity contribution is 0.122. The van der Waals surface area contributed by atoms with Gasteiger partial charge in [-0.2, -0.15) is 0 Å². The van der Waals surface area contributed by atoms with E-state index in [9.17, 15) is 4.39 Å². The van der Waals surface area contributed by atoms with E-state index in [0.29, 0.717) is 17.4 Å². The summed E-state index contributed by atoms with van der Waals surface area (Å²) in [4.78, 5) is 2.44. The van der Waals surface area contributed by atoms with E-state index in [4.69, 9.17) is 9.47 Å². The molecule has 1 heterocycles. The molecule has 1 aliphatic carbocycles. The summed E-state index contributed by atoms with van der Waals surface area (Å²) < 4.78 is 25.5. The topological polar surface area (TPSA) is 33.7 Å². The third-order valence-electron chi connectivity index (χ3n) is 5.21. The van der Waals surface area contributed by atoms with Crippen LogP contribution in [0.1, 0.15) is 37.3 Å². The summed E-state index contributed by atoms with van der Waals surface area (Å²) in [7, 11) is 3.15. The highest BCUT2D eigenvalue weighted by atomic mass is 35.5. The Hall–Kier alpha value is -0.750. The number of halogens is 3. The zero-order chi connectivity index (χ0) is 16.2. The van der Waals surface area contributed by atoms with E-state index in [2.05, 4.69) is 10.2 Å². The predicted molar refractivity (Wildman–Crippen MR) is 103 cm³/mol. The highest BCUT2D eigenvalue weighted by Gasteiger charge is 2.34. The second-order valence-corrected chi connectivity index (χ2v) is 6.50. The fourth-order valence-corrected chi connectivity index (χ4v) is 4.08. The summed E-state index contributed by atoms with van der Waals surface area (Å²) in [6.45, 7) is 3.88. The lowest BCUT2D eigenvalue weighted by Crippen LogP contribution is -2.46. The average molecular weight is 395 g/mol. The van der Waals surface area contributed by atoms with Gasteiger partial charge < -0.3 is 14.8 Å². The summed E-state index contributed by atoms with van der Waals surface area (Å²) in [5, 5.41) is 3.39. The Kier molecular flexibility index (Phi) is 9.28.